The van der Waals surface area contributed by atoms with Crippen LogP contribution >= 0.6 is 0 Å². The molecule has 126 valence electrons. The number of benzene rings is 1. The number of amides is 1. The highest BCUT2D eigenvalue weighted by atomic mass is 19.1. The molecule has 2 aliphatic heterocycles. The third-order valence-electron chi connectivity index (χ3n) is 4.87. The van der Waals surface area contributed by atoms with Crippen molar-refractivity contribution < 1.29 is 13.9 Å². The first-order valence-corrected chi connectivity index (χ1v) is 8.61. The second-order valence-corrected chi connectivity index (χ2v) is 6.37. The molecule has 0 N–H and O–H groups in total. The Morgan fingerprint density at radius 1 is 1.17 bits per heavy atom. The number of carbonyl (C=O) groups is 1. The van der Waals surface area contributed by atoms with Gasteiger partial charge in [0, 0.05) is 32.2 Å². The van der Waals surface area contributed by atoms with Crippen molar-refractivity contribution in [2.75, 3.05) is 39.4 Å². The summed E-state index contributed by atoms with van der Waals surface area (Å²) in [5, 5.41) is 0. The van der Waals surface area contributed by atoms with Crippen LogP contribution < -0.4 is 0 Å². The molecule has 2 heterocycles. The lowest BCUT2D eigenvalue weighted by Crippen LogP contribution is -2.46. The fourth-order valence-corrected chi connectivity index (χ4v) is 3.51. The maximum Gasteiger partial charge on any atom is 0.257 e. The molecular formula is C18H25FN2O2. The van der Waals surface area contributed by atoms with E-state index < -0.39 is 5.82 Å². The molecule has 1 aromatic rings. The van der Waals surface area contributed by atoms with Gasteiger partial charge in [-0.3, -0.25) is 9.69 Å². The maximum atomic E-state index is 13.9. The second kappa shape index (κ2) is 7.88. The molecule has 23 heavy (non-hydrogen) atoms. The number of likely N-dealkylation sites (tertiary alicyclic amines) is 1. The molecule has 1 atom stereocenters. The van der Waals surface area contributed by atoms with Crippen LogP contribution in [0.1, 0.15) is 36.0 Å². The summed E-state index contributed by atoms with van der Waals surface area (Å²) in [6, 6.07) is 6.52. The Balaban J connectivity index is 1.63. The predicted molar refractivity (Wildman–Crippen MR) is 87.0 cm³/mol. The van der Waals surface area contributed by atoms with Gasteiger partial charge in [-0.2, -0.15) is 0 Å². The van der Waals surface area contributed by atoms with Gasteiger partial charge in [0.25, 0.3) is 5.91 Å². The molecule has 0 aliphatic carbocycles. The molecule has 4 nitrogen and oxygen atoms in total. The molecule has 0 spiro atoms. The number of halogens is 1. The first-order valence-electron chi connectivity index (χ1n) is 8.61. The number of hydrogen-bond donors (Lipinski definition) is 0. The minimum atomic E-state index is -0.421. The summed E-state index contributed by atoms with van der Waals surface area (Å²) in [5.74, 6) is -0.579. The van der Waals surface area contributed by atoms with E-state index in [9.17, 15) is 9.18 Å². The highest BCUT2D eigenvalue weighted by Crippen LogP contribution is 2.23. The van der Waals surface area contributed by atoms with E-state index in [4.69, 9.17) is 4.74 Å². The molecule has 5 heteroatoms. The van der Waals surface area contributed by atoms with Gasteiger partial charge in [0.1, 0.15) is 5.82 Å². The topological polar surface area (TPSA) is 32.8 Å². The highest BCUT2D eigenvalue weighted by Gasteiger charge is 2.29. The van der Waals surface area contributed by atoms with Gasteiger partial charge in [-0.25, -0.2) is 4.39 Å². The average Bonchev–Trinajstić information content (AvgIpc) is 2.61. The van der Waals surface area contributed by atoms with Crippen LogP contribution in [0.3, 0.4) is 0 Å². The number of carbonyl (C=O) groups excluding carboxylic acids is 1. The van der Waals surface area contributed by atoms with E-state index in [0.717, 1.165) is 65.1 Å². The van der Waals surface area contributed by atoms with Gasteiger partial charge in [0.2, 0.25) is 0 Å². The Bertz CT molecular complexity index is 532. The normalized spacial score (nSPS) is 23.0. The van der Waals surface area contributed by atoms with Gasteiger partial charge in [-0.15, -0.1) is 0 Å². The Morgan fingerprint density at radius 2 is 1.96 bits per heavy atom. The van der Waals surface area contributed by atoms with Crippen LogP contribution in [-0.4, -0.2) is 61.1 Å². The number of ether oxygens (including phenoxy) is 1. The average molecular weight is 320 g/mol. The molecule has 0 aromatic heterocycles. The summed E-state index contributed by atoms with van der Waals surface area (Å²) in [7, 11) is 0. The summed E-state index contributed by atoms with van der Waals surface area (Å²) in [6.45, 7) is 5.24. The lowest BCUT2D eigenvalue weighted by Gasteiger charge is -2.37. The third-order valence-corrected chi connectivity index (χ3v) is 4.87. The highest BCUT2D eigenvalue weighted by molar-refractivity contribution is 5.94. The third kappa shape index (κ3) is 4.09. The minimum absolute atomic E-state index is 0.158. The van der Waals surface area contributed by atoms with E-state index in [0.29, 0.717) is 0 Å². The van der Waals surface area contributed by atoms with E-state index in [-0.39, 0.29) is 17.5 Å². The van der Waals surface area contributed by atoms with Crippen molar-refractivity contribution in [1.29, 1.82) is 0 Å². The number of hydrogen-bond acceptors (Lipinski definition) is 3. The van der Waals surface area contributed by atoms with Crippen molar-refractivity contribution in [1.82, 2.24) is 9.80 Å². The Kier molecular flexibility index (Phi) is 5.62. The zero-order chi connectivity index (χ0) is 16.1. The zero-order valence-electron chi connectivity index (χ0n) is 13.5. The number of rotatable bonds is 4. The standard InChI is InChI=1S/C18H25FN2O2/c19-17-7-2-1-6-16(17)18(22)21-9-4-3-5-15(21)8-10-20-11-13-23-14-12-20/h1-2,6-7,15H,3-5,8-14H2. The summed E-state index contributed by atoms with van der Waals surface area (Å²) >= 11 is 0. The molecule has 2 aliphatic rings. The first kappa shape index (κ1) is 16.4. The zero-order valence-corrected chi connectivity index (χ0v) is 13.5. The number of morpholine rings is 1. The lowest BCUT2D eigenvalue weighted by atomic mass is 9.97. The molecule has 0 radical (unpaired) electrons. The van der Waals surface area contributed by atoms with E-state index in [1.54, 1.807) is 18.2 Å². The molecule has 2 fully saturated rings. The summed E-state index contributed by atoms with van der Waals surface area (Å²) < 4.78 is 19.3. The Morgan fingerprint density at radius 3 is 2.74 bits per heavy atom. The van der Waals surface area contributed by atoms with Gasteiger partial charge in [-0.1, -0.05) is 12.1 Å². The smallest absolute Gasteiger partial charge is 0.257 e. The van der Waals surface area contributed by atoms with Crippen molar-refractivity contribution in [2.24, 2.45) is 0 Å². The monoisotopic (exact) mass is 320 g/mol. The molecule has 2 saturated heterocycles. The molecule has 1 unspecified atom stereocenters. The van der Waals surface area contributed by atoms with E-state index in [1.807, 2.05) is 4.90 Å². The van der Waals surface area contributed by atoms with Crippen molar-refractivity contribution in [3.05, 3.63) is 35.6 Å². The quantitative estimate of drug-likeness (QED) is 0.855. The second-order valence-electron chi connectivity index (χ2n) is 6.37. The van der Waals surface area contributed by atoms with Gasteiger partial charge in [0.05, 0.1) is 18.8 Å². The first-order chi connectivity index (χ1) is 11.3. The Hall–Kier alpha value is -1.46. The maximum absolute atomic E-state index is 13.9. The van der Waals surface area contributed by atoms with Gasteiger partial charge in [0.15, 0.2) is 0 Å². The molecule has 3 rings (SSSR count). The van der Waals surface area contributed by atoms with Gasteiger partial charge >= 0.3 is 0 Å². The van der Waals surface area contributed by atoms with Crippen LogP contribution in [0.5, 0.6) is 0 Å². The van der Waals surface area contributed by atoms with E-state index >= 15 is 0 Å². The fraction of sp³-hybridized carbons (Fsp3) is 0.611. The number of nitrogens with zero attached hydrogens (tertiary/aromatic N) is 2. The summed E-state index contributed by atoms with van der Waals surface area (Å²) in [6.07, 6.45) is 4.13. The predicted octanol–water partition coefficient (Wildman–Crippen LogP) is 2.54. The van der Waals surface area contributed by atoms with Gasteiger partial charge in [-0.05, 0) is 37.8 Å². The molecule has 1 aromatic carbocycles. The van der Waals surface area contributed by atoms with E-state index in [1.165, 1.54) is 6.07 Å². The fourth-order valence-electron chi connectivity index (χ4n) is 3.51. The van der Waals surface area contributed by atoms with E-state index in [2.05, 4.69) is 4.90 Å². The summed E-state index contributed by atoms with van der Waals surface area (Å²) in [5.41, 5.74) is 0.200. The van der Waals surface area contributed by atoms with Crippen LogP contribution in [0.15, 0.2) is 24.3 Å². The largest absolute Gasteiger partial charge is 0.379 e. The molecular weight excluding hydrogens is 295 g/mol. The van der Waals surface area contributed by atoms with Crippen LogP contribution in [0.4, 0.5) is 4.39 Å². The molecule has 0 saturated carbocycles. The minimum Gasteiger partial charge on any atom is -0.379 e. The molecule has 1 amide bonds. The number of piperidine rings is 1. The van der Waals surface area contributed by atoms with Crippen molar-refractivity contribution in [2.45, 2.75) is 31.7 Å². The van der Waals surface area contributed by atoms with Crippen molar-refractivity contribution >= 4 is 5.91 Å². The summed E-state index contributed by atoms with van der Waals surface area (Å²) in [4.78, 5) is 17.0. The van der Waals surface area contributed by atoms with Crippen LogP contribution in [0, 0.1) is 5.82 Å². The van der Waals surface area contributed by atoms with Gasteiger partial charge < -0.3 is 9.64 Å². The molecule has 0 bridgehead atoms. The van der Waals surface area contributed by atoms with Crippen molar-refractivity contribution in [3.63, 3.8) is 0 Å². The lowest BCUT2D eigenvalue weighted by molar-refractivity contribution is 0.0295. The van der Waals surface area contributed by atoms with Crippen LogP contribution in [0.25, 0.3) is 0 Å². The Labute approximate surface area is 137 Å². The van der Waals surface area contributed by atoms with Crippen molar-refractivity contribution in [3.8, 4) is 0 Å². The van der Waals surface area contributed by atoms with Crippen LogP contribution in [-0.2, 0) is 4.74 Å². The van der Waals surface area contributed by atoms with Crippen LogP contribution in [0.2, 0.25) is 0 Å². The SMILES string of the molecule is O=C(c1ccccc1F)N1CCCCC1CCN1CCOCC1.